The molecule has 2 unspecified atom stereocenters. The molecule has 1 N–H and O–H groups in total. The standard InChI is InChI=1S/C14H19BrO3/c1-10-11(2)14(16,18-13(10)8-15)17-9-12-6-4-3-5-7-12/h3-7,10-11,13,16H,8-9H2,1-2H3/t10?,11?,13-,14+/m1/s1. The summed E-state index contributed by atoms with van der Waals surface area (Å²) >= 11 is 3.40. The van der Waals surface area contributed by atoms with E-state index >= 15 is 0 Å². The molecule has 0 aromatic heterocycles. The summed E-state index contributed by atoms with van der Waals surface area (Å²) in [4.78, 5) is 0. The van der Waals surface area contributed by atoms with Crippen molar-refractivity contribution in [2.45, 2.75) is 32.5 Å². The average Bonchev–Trinajstić information content (AvgIpc) is 2.63. The first-order valence-electron chi connectivity index (χ1n) is 6.21. The molecule has 1 aliphatic heterocycles. The van der Waals surface area contributed by atoms with Gasteiger partial charge in [0.25, 0.3) is 5.97 Å². The zero-order valence-corrected chi connectivity index (χ0v) is 12.3. The van der Waals surface area contributed by atoms with Crippen LogP contribution in [0, 0.1) is 11.8 Å². The number of rotatable bonds is 4. The first-order chi connectivity index (χ1) is 8.57. The Balaban J connectivity index is 2.00. The summed E-state index contributed by atoms with van der Waals surface area (Å²) in [6, 6.07) is 9.79. The van der Waals surface area contributed by atoms with Gasteiger partial charge in [-0.25, -0.2) is 0 Å². The van der Waals surface area contributed by atoms with Gasteiger partial charge in [0, 0.05) is 11.2 Å². The van der Waals surface area contributed by atoms with E-state index in [1.54, 1.807) is 0 Å². The van der Waals surface area contributed by atoms with Gasteiger partial charge in [-0.3, -0.25) is 0 Å². The summed E-state index contributed by atoms with van der Waals surface area (Å²) < 4.78 is 11.2. The fourth-order valence-corrected chi connectivity index (χ4v) is 2.91. The Hall–Kier alpha value is -0.420. The number of hydrogen-bond acceptors (Lipinski definition) is 3. The Bertz CT molecular complexity index is 384. The lowest BCUT2D eigenvalue weighted by Crippen LogP contribution is -2.38. The zero-order chi connectivity index (χ0) is 13.2. The van der Waals surface area contributed by atoms with Crippen LogP contribution in [0.25, 0.3) is 0 Å². The summed E-state index contributed by atoms with van der Waals surface area (Å²) in [5.41, 5.74) is 1.02. The van der Waals surface area contributed by atoms with E-state index in [0.29, 0.717) is 11.9 Å². The van der Waals surface area contributed by atoms with E-state index < -0.39 is 5.97 Å². The third kappa shape index (κ3) is 2.77. The lowest BCUT2D eigenvalue weighted by atomic mass is 9.93. The number of alkyl halides is 1. The van der Waals surface area contributed by atoms with Crippen LogP contribution in [0.15, 0.2) is 30.3 Å². The molecule has 1 aromatic rings. The van der Waals surface area contributed by atoms with E-state index in [1.807, 2.05) is 37.3 Å². The molecule has 4 atom stereocenters. The highest BCUT2D eigenvalue weighted by atomic mass is 79.9. The molecule has 0 bridgehead atoms. The fourth-order valence-electron chi connectivity index (χ4n) is 2.18. The summed E-state index contributed by atoms with van der Waals surface area (Å²) in [7, 11) is 0. The van der Waals surface area contributed by atoms with Crippen molar-refractivity contribution in [1.29, 1.82) is 0 Å². The van der Waals surface area contributed by atoms with Crippen molar-refractivity contribution < 1.29 is 14.6 Å². The van der Waals surface area contributed by atoms with Crippen LogP contribution in [0.5, 0.6) is 0 Å². The highest BCUT2D eigenvalue weighted by Crippen LogP contribution is 2.40. The van der Waals surface area contributed by atoms with Crippen molar-refractivity contribution in [2.75, 3.05) is 5.33 Å². The molecule has 4 heteroatoms. The van der Waals surface area contributed by atoms with Crippen LogP contribution in [0.3, 0.4) is 0 Å². The maximum absolute atomic E-state index is 10.4. The van der Waals surface area contributed by atoms with Crippen molar-refractivity contribution in [3.8, 4) is 0 Å². The molecule has 3 nitrogen and oxygen atoms in total. The van der Waals surface area contributed by atoms with E-state index in [0.717, 1.165) is 5.56 Å². The molecule has 0 saturated carbocycles. The van der Waals surface area contributed by atoms with E-state index in [4.69, 9.17) is 9.47 Å². The predicted molar refractivity (Wildman–Crippen MR) is 73.2 cm³/mol. The van der Waals surface area contributed by atoms with Gasteiger partial charge < -0.3 is 14.6 Å². The second-order valence-corrected chi connectivity index (χ2v) is 5.51. The van der Waals surface area contributed by atoms with Gasteiger partial charge in [-0.1, -0.05) is 60.1 Å². The minimum atomic E-state index is -1.48. The smallest absolute Gasteiger partial charge is 0.284 e. The number of hydrogen-bond donors (Lipinski definition) is 1. The average molecular weight is 315 g/mol. The van der Waals surface area contributed by atoms with Crippen LogP contribution in [-0.4, -0.2) is 22.5 Å². The van der Waals surface area contributed by atoms with Crippen molar-refractivity contribution in [2.24, 2.45) is 11.8 Å². The predicted octanol–water partition coefficient (Wildman–Crippen LogP) is 2.92. The topological polar surface area (TPSA) is 38.7 Å². The second kappa shape index (κ2) is 5.70. The van der Waals surface area contributed by atoms with E-state index in [9.17, 15) is 5.11 Å². The van der Waals surface area contributed by atoms with E-state index in [1.165, 1.54) is 0 Å². The number of aliphatic hydroxyl groups is 1. The molecular formula is C14H19BrO3. The molecule has 18 heavy (non-hydrogen) atoms. The SMILES string of the molecule is CC1C(C)[C@](O)(OCc2ccccc2)O[C@@H]1CBr. The fraction of sp³-hybridized carbons (Fsp3) is 0.571. The van der Waals surface area contributed by atoms with Crippen LogP contribution in [0.1, 0.15) is 19.4 Å². The molecule has 0 amide bonds. The molecule has 0 spiro atoms. The highest BCUT2D eigenvalue weighted by Gasteiger charge is 2.50. The maximum atomic E-state index is 10.4. The van der Waals surface area contributed by atoms with Crippen LogP contribution in [0.4, 0.5) is 0 Å². The molecular weight excluding hydrogens is 296 g/mol. The monoisotopic (exact) mass is 314 g/mol. The van der Waals surface area contributed by atoms with Crippen LogP contribution in [0.2, 0.25) is 0 Å². The molecule has 1 aliphatic rings. The van der Waals surface area contributed by atoms with Gasteiger partial charge in [-0.05, 0) is 11.5 Å². The lowest BCUT2D eigenvalue weighted by molar-refractivity contribution is -0.368. The van der Waals surface area contributed by atoms with Gasteiger partial charge in [0.1, 0.15) is 0 Å². The Morgan fingerprint density at radius 2 is 2.00 bits per heavy atom. The molecule has 0 radical (unpaired) electrons. The van der Waals surface area contributed by atoms with Gasteiger partial charge in [0.2, 0.25) is 0 Å². The summed E-state index contributed by atoms with van der Waals surface area (Å²) in [6.07, 6.45) is -0.0132. The van der Waals surface area contributed by atoms with E-state index in [2.05, 4.69) is 22.9 Å². The van der Waals surface area contributed by atoms with Gasteiger partial charge >= 0.3 is 0 Å². The lowest BCUT2D eigenvalue weighted by Gasteiger charge is -2.27. The van der Waals surface area contributed by atoms with Crippen LogP contribution in [-0.2, 0) is 16.1 Å². The Labute approximate surface area is 116 Å². The van der Waals surface area contributed by atoms with Gasteiger partial charge in [0.05, 0.1) is 12.7 Å². The Morgan fingerprint density at radius 3 is 2.56 bits per heavy atom. The Kier molecular flexibility index (Phi) is 4.43. The van der Waals surface area contributed by atoms with E-state index in [-0.39, 0.29) is 17.9 Å². The molecule has 1 heterocycles. The second-order valence-electron chi connectivity index (χ2n) is 4.86. The number of ether oxygens (including phenoxy) is 2. The molecule has 0 aliphatic carbocycles. The molecule has 1 aromatic carbocycles. The van der Waals surface area contributed by atoms with Crippen molar-refractivity contribution >= 4 is 15.9 Å². The third-order valence-electron chi connectivity index (χ3n) is 3.71. The highest BCUT2D eigenvalue weighted by molar-refractivity contribution is 9.09. The first kappa shape index (κ1) is 14.0. The summed E-state index contributed by atoms with van der Waals surface area (Å²) in [5, 5.41) is 11.1. The van der Waals surface area contributed by atoms with Crippen molar-refractivity contribution in [1.82, 2.24) is 0 Å². The molecule has 1 fully saturated rings. The van der Waals surface area contributed by atoms with Crippen LogP contribution < -0.4 is 0 Å². The van der Waals surface area contributed by atoms with Crippen molar-refractivity contribution in [3.05, 3.63) is 35.9 Å². The van der Waals surface area contributed by atoms with Crippen molar-refractivity contribution in [3.63, 3.8) is 0 Å². The first-order valence-corrected chi connectivity index (χ1v) is 7.33. The zero-order valence-electron chi connectivity index (χ0n) is 10.7. The largest absolute Gasteiger partial charge is 0.343 e. The van der Waals surface area contributed by atoms with Gasteiger partial charge in [0.15, 0.2) is 0 Å². The summed E-state index contributed by atoms with van der Waals surface area (Å²) in [5.74, 6) is -1.28. The quantitative estimate of drug-likeness (QED) is 0.686. The minimum Gasteiger partial charge on any atom is -0.343 e. The number of benzene rings is 1. The number of halogens is 1. The molecule has 100 valence electrons. The van der Waals surface area contributed by atoms with Crippen LogP contribution >= 0.6 is 15.9 Å². The summed E-state index contributed by atoms with van der Waals surface area (Å²) in [6.45, 7) is 4.38. The van der Waals surface area contributed by atoms with Gasteiger partial charge in [-0.2, -0.15) is 0 Å². The van der Waals surface area contributed by atoms with Gasteiger partial charge in [-0.15, -0.1) is 0 Å². The normalized spacial score (nSPS) is 35.9. The third-order valence-corrected chi connectivity index (χ3v) is 4.35. The molecule has 1 saturated heterocycles. The Morgan fingerprint density at radius 1 is 1.33 bits per heavy atom. The molecule has 2 rings (SSSR count). The minimum absolute atomic E-state index is 0.0132. The maximum Gasteiger partial charge on any atom is 0.284 e.